The highest BCUT2D eigenvalue weighted by atomic mass is 32.2. The van der Waals surface area contributed by atoms with Crippen LogP contribution >= 0.6 is 11.3 Å². The van der Waals surface area contributed by atoms with Gasteiger partial charge in [0, 0.05) is 19.2 Å². The fourth-order valence-electron chi connectivity index (χ4n) is 2.99. The molecule has 0 saturated heterocycles. The van der Waals surface area contributed by atoms with Crippen molar-refractivity contribution in [2.45, 2.75) is 10.8 Å². The van der Waals surface area contributed by atoms with Crippen molar-refractivity contribution in [3.05, 3.63) is 71.1 Å². The molecule has 2 heterocycles. The van der Waals surface area contributed by atoms with Gasteiger partial charge in [-0.2, -0.15) is 0 Å². The molecule has 1 aliphatic heterocycles. The molecule has 1 aromatic heterocycles. The lowest BCUT2D eigenvalue weighted by Crippen LogP contribution is -2.26. The summed E-state index contributed by atoms with van der Waals surface area (Å²) in [5.74, 6) is 1.13. The number of carbonyl (C=O) groups excluding carboxylic acids is 1. The molecule has 7 nitrogen and oxygen atoms in total. The molecule has 4 rings (SSSR count). The zero-order valence-corrected chi connectivity index (χ0v) is 17.8. The van der Waals surface area contributed by atoms with Crippen LogP contribution in [0.2, 0.25) is 0 Å². The molecule has 156 valence electrons. The molecule has 0 radical (unpaired) electrons. The van der Waals surface area contributed by atoms with Crippen LogP contribution in [-0.4, -0.2) is 34.6 Å². The Morgan fingerprint density at radius 3 is 2.50 bits per heavy atom. The highest BCUT2D eigenvalue weighted by Crippen LogP contribution is 2.30. The lowest BCUT2D eigenvalue weighted by molar-refractivity contribution is 0.0951. The molecule has 0 spiro atoms. The van der Waals surface area contributed by atoms with Crippen LogP contribution in [0.1, 0.15) is 15.9 Å². The van der Waals surface area contributed by atoms with Gasteiger partial charge in [0.05, 0.1) is 5.69 Å². The fourth-order valence-corrected chi connectivity index (χ4v) is 5.35. The largest absolute Gasteiger partial charge is 0.486 e. The average Bonchev–Trinajstić information content (AvgIpc) is 3.33. The van der Waals surface area contributed by atoms with E-state index in [1.165, 1.54) is 11.4 Å². The van der Waals surface area contributed by atoms with Crippen LogP contribution < -0.4 is 19.1 Å². The normalized spacial score (nSPS) is 13.0. The van der Waals surface area contributed by atoms with Crippen LogP contribution in [0.4, 0.5) is 5.69 Å². The van der Waals surface area contributed by atoms with E-state index >= 15 is 0 Å². The van der Waals surface area contributed by atoms with Gasteiger partial charge in [-0.15, -0.1) is 11.3 Å². The SMILES string of the molecule is CN(c1ccc(C(=O)NCc2ccc3c(c2)OCCO3)cc1)S(=O)(=O)c1cccs1. The number of nitrogens with zero attached hydrogens (tertiary/aromatic N) is 1. The molecule has 30 heavy (non-hydrogen) atoms. The third-order valence-corrected chi connectivity index (χ3v) is 7.82. The van der Waals surface area contributed by atoms with Gasteiger partial charge in [-0.05, 0) is 53.4 Å². The van der Waals surface area contributed by atoms with Crippen LogP contribution in [0.5, 0.6) is 11.5 Å². The zero-order valence-electron chi connectivity index (χ0n) is 16.2. The highest BCUT2D eigenvalue weighted by molar-refractivity contribution is 7.94. The van der Waals surface area contributed by atoms with E-state index in [1.807, 2.05) is 18.2 Å². The molecule has 0 unspecified atom stereocenters. The molecule has 0 fully saturated rings. The summed E-state index contributed by atoms with van der Waals surface area (Å²) in [7, 11) is -2.11. The van der Waals surface area contributed by atoms with E-state index in [-0.39, 0.29) is 10.1 Å². The maximum Gasteiger partial charge on any atom is 0.273 e. The number of sulfonamides is 1. The van der Waals surface area contributed by atoms with E-state index in [9.17, 15) is 13.2 Å². The first kappa shape index (κ1) is 20.2. The van der Waals surface area contributed by atoms with Crippen LogP contribution in [0.15, 0.2) is 64.2 Å². The Bertz CT molecular complexity index is 1140. The minimum absolute atomic E-state index is 0.250. The number of hydrogen-bond donors (Lipinski definition) is 1. The second kappa shape index (κ2) is 8.37. The standard InChI is InChI=1S/C21H20N2O5S2/c1-23(30(25,26)20-3-2-12-29-20)17-7-5-16(6-8-17)21(24)22-14-15-4-9-18-19(13-15)28-11-10-27-18/h2-9,12-13H,10-11,14H2,1H3,(H,22,24). The summed E-state index contributed by atoms with van der Waals surface area (Å²) < 4.78 is 37.7. The number of ether oxygens (including phenoxy) is 2. The summed E-state index contributed by atoms with van der Waals surface area (Å²) in [5.41, 5.74) is 1.82. The Labute approximate surface area is 178 Å². The number of hydrogen-bond acceptors (Lipinski definition) is 6. The first-order valence-electron chi connectivity index (χ1n) is 9.24. The minimum atomic E-state index is -3.61. The predicted octanol–water partition coefficient (Wildman–Crippen LogP) is 3.27. The average molecular weight is 445 g/mol. The summed E-state index contributed by atoms with van der Waals surface area (Å²) >= 11 is 1.16. The Kier molecular flexibility index (Phi) is 5.65. The molecular formula is C21H20N2O5S2. The van der Waals surface area contributed by atoms with E-state index < -0.39 is 10.0 Å². The van der Waals surface area contributed by atoms with E-state index in [4.69, 9.17) is 9.47 Å². The molecule has 0 aliphatic carbocycles. The molecule has 0 bridgehead atoms. The van der Waals surface area contributed by atoms with E-state index in [1.54, 1.807) is 41.8 Å². The lowest BCUT2D eigenvalue weighted by atomic mass is 10.1. The molecular weight excluding hydrogens is 424 g/mol. The molecule has 0 atom stereocenters. The quantitative estimate of drug-likeness (QED) is 0.631. The molecule has 2 aromatic carbocycles. The molecule has 1 N–H and O–H groups in total. The fraction of sp³-hybridized carbons (Fsp3) is 0.190. The van der Waals surface area contributed by atoms with Crippen molar-refractivity contribution >= 4 is 33.0 Å². The van der Waals surface area contributed by atoms with E-state index in [0.717, 1.165) is 16.9 Å². The molecule has 9 heteroatoms. The summed E-state index contributed by atoms with van der Waals surface area (Å²) in [5, 5.41) is 4.58. The van der Waals surface area contributed by atoms with Crippen molar-refractivity contribution in [2.75, 3.05) is 24.6 Å². The zero-order chi connectivity index (χ0) is 21.1. The van der Waals surface area contributed by atoms with Gasteiger partial charge in [0.15, 0.2) is 11.5 Å². The smallest absolute Gasteiger partial charge is 0.273 e. The van der Waals surface area contributed by atoms with Gasteiger partial charge in [-0.25, -0.2) is 8.42 Å². The first-order chi connectivity index (χ1) is 14.4. The van der Waals surface area contributed by atoms with Gasteiger partial charge < -0.3 is 14.8 Å². The molecule has 0 saturated carbocycles. The van der Waals surface area contributed by atoms with Crippen LogP contribution in [0.25, 0.3) is 0 Å². The van der Waals surface area contributed by atoms with Crippen molar-refractivity contribution in [2.24, 2.45) is 0 Å². The number of rotatable bonds is 6. The summed E-state index contributed by atoms with van der Waals surface area (Å²) in [6, 6.07) is 15.3. The van der Waals surface area contributed by atoms with Gasteiger partial charge in [0.2, 0.25) is 0 Å². The van der Waals surface area contributed by atoms with Crippen LogP contribution in [0.3, 0.4) is 0 Å². The predicted molar refractivity (Wildman–Crippen MR) is 115 cm³/mol. The van der Waals surface area contributed by atoms with Crippen molar-refractivity contribution in [3.63, 3.8) is 0 Å². The second-order valence-electron chi connectivity index (χ2n) is 6.61. The number of fused-ring (bicyclic) bond motifs is 1. The summed E-state index contributed by atoms with van der Waals surface area (Å²) in [6.07, 6.45) is 0. The first-order valence-corrected chi connectivity index (χ1v) is 11.6. The van der Waals surface area contributed by atoms with Gasteiger partial charge in [-0.3, -0.25) is 9.10 Å². The Balaban J connectivity index is 1.41. The van der Waals surface area contributed by atoms with Gasteiger partial charge in [0.1, 0.15) is 17.4 Å². The number of carbonyl (C=O) groups is 1. The maximum atomic E-state index is 12.6. The van der Waals surface area contributed by atoms with Gasteiger partial charge in [-0.1, -0.05) is 12.1 Å². The third-order valence-electron chi connectivity index (χ3n) is 4.66. The molecule has 1 aliphatic rings. The summed E-state index contributed by atoms with van der Waals surface area (Å²) in [4.78, 5) is 12.5. The van der Waals surface area contributed by atoms with Crippen molar-refractivity contribution in [1.82, 2.24) is 5.32 Å². The van der Waals surface area contributed by atoms with Crippen molar-refractivity contribution in [3.8, 4) is 11.5 Å². The number of anilines is 1. The number of amides is 1. The topological polar surface area (TPSA) is 84.9 Å². The van der Waals surface area contributed by atoms with Crippen molar-refractivity contribution in [1.29, 1.82) is 0 Å². The third kappa shape index (κ3) is 4.12. The van der Waals surface area contributed by atoms with Crippen LogP contribution in [-0.2, 0) is 16.6 Å². The number of nitrogens with one attached hydrogen (secondary N) is 1. The second-order valence-corrected chi connectivity index (χ2v) is 9.76. The Morgan fingerprint density at radius 1 is 1.07 bits per heavy atom. The van der Waals surface area contributed by atoms with E-state index in [0.29, 0.717) is 42.5 Å². The van der Waals surface area contributed by atoms with Crippen molar-refractivity contribution < 1.29 is 22.7 Å². The maximum absolute atomic E-state index is 12.6. The Hall–Kier alpha value is -3.04. The summed E-state index contributed by atoms with van der Waals surface area (Å²) in [6.45, 7) is 1.37. The number of thiophene rings is 1. The van der Waals surface area contributed by atoms with Gasteiger partial charge in [0.25, 0.3) is 15.9 Å². The van der Waals surface area contributed by atoms with Crippen LogP contribution in [0, 0.1) is 0 Å². The molecule has 1 amide bonds. The Morgan fingerprint density at radius 2 is 1.80 bits per heavy atom. The molecule has 3 aromatic rings. The van der Waals surface area contributed by atoms with E-state index in [2.05, 4.69) is 5.32 Å². The monoisotopic (exact) mass is 444 g/mol. The minimum Gasteiger partial charge on any atom is -0.486 e. The van der Waals surface area contributed by atoms with Gasteiger partial charge >= 0.3 is 0 Å². The lowest BCUT2D eigenvalue weighted by Gasteiger charge is -2.19. The highest BCUT2D eigenvalue weighted by Gasteiger charge is 2.22. The number of benzene rings is 2.